The molecule has 136 valence electrons. The minimum absolute atomic E-state index is 0.0208. The average Bonchev–Trinajstić information content (AvgIpc) is 2.60. The maximum Gasteiger partial charge on any atom is 0.227 e. The normalized spacial score (nSPS) is 22.0. The maximum atomic E-state index is 12.2. The highest BCUT2D eigenvalue weighted by Crippen LogP contribution is 2.27. The van der Waals surface area contributed by atoms with Crippen LogP contribution in [0, 0.1) is 5.92 Å². The fourth-order valence-electron chi connectivity index (χ4n) is 3.52. The molecule has 0 unspecified atom stereocenters. The molecule has 2 N–H and O–H groups in total. The van der Waals surface area contributed by atoms with Gasteiger partial charge in [-0.05, 0) is 31.4 Å². The van der Waals surface area contributed by atoms with Crippen LogP contribution in [0.25, 0.3) is 0 Å². The third kappa shape index (κ3) is 5.03. The molecule has 2 atom stereocenters. The molecule has 0 bridgehead atoms. The Morgan fingerprint density at radius 1 is 1.36 bits per heavy atom. The first-order chi connectivity index (χ1) is 12.1. The van der Waals surface area contributed by atoms with Gasteiger partial charge in [-0.3, -0.25) is 14.5 Å². The molecule has 0 spiro atoms. The predicted octanol–water partition coefficient (Wildman–Crippen LogP) is 1.41. The minimum Gasteiger partial charge on any atom is -0.379 e. The number of anilines is 1. The minimum atomic E-state index is -0.129. The van der Waals surface area contributed by atoms with Gasteiger partial charge in [0.2, 0.25) is 11.8 Å². The highest BCUT2D eigenvalue weighted by molar-refractivity contribution is 5.96. The Morgan fingerprint density at radius 2 is 2.12 bits per heavy atom. The van der Waals surface area contributed by atoms with Crippen molar-refractivity contribution in [2.75, 3.05) is 38.2 Å². The third-order valence-corrected chi connectivity index (χ3v) is 4.88. The number of fused-ring (bicyclic) bond motifs is 1. The fraction of sp³-hybridized carbons (Fsp3) is 0.579. The van der Waals surface area contributed by atoms with Crippen molar-refractivity contribution < 1.29 is 14.3 Å². The summed E-state index contributed by atoms with van der Waals surface area (Å²) in [5, 5.41) is 5.99. The summed E-state index contributed by atoms with van der Waals surface area (Å²) in [7, 11) is 0. The highest BCUT2D eigenvalue weighted by atomic mass is 16.5. The summed E-state index contributed by atoms with van der Waals surface area (Å²) in [6.07, 6.45) is 1.67. The van der Waals surface area contributed by atoms with Crippen LogP contribution in [0.3, 0.4) is 0 Å². The van der Waals surface area contributed by atoms with Gasteiger partial charge in [-0.2, -0.15) is 0 Å². The second kappa shape index (κ2) is 8.45. The topological polar surface area (TPSA) is 70.7 Å². The molecule has 6 heteroatoms. The molecule has 0 saturated carbocycles. The van der Waals surface area contributed by atoms with Crippen molar-refractivity contribution in [1.82, 2.24) is 10.2 Å². The van der Waals surface area contributed by atoms with Gasteiger partial charge in [0.25, 0.3) is 0 Å². The largest absolute Gasteiger partial charge is 0.379 e. The van der Waals surface area contributed by atoms with Gasteiger partial charge in [0.05, 0.1) is 13.2 Å². The lowest BCUT2D eigenvalue weighted by Gasteiger charge is -2.29. The van der Waals surface area contributed by atoms with Crippen molar-refractivity contribution in [3.63, 3.8) is 0 Å². The van der Waals surface area contributed by atoms with Crippen molar-refractivity contribution >= 4 is 17.5 Å². The van der Waals surface area contributed by atoms with Crippen LogP contribution < -0.4 is 10.6 Å². The van der Waals surface area contributed by atoms with Crippen molar-refractivity contribution in [1.29, 1.82) is 0 Å². The third-order valence-electron chi connectivity index (χ3n) is 4.88. The van der Waals surface area contributed by atoms with Gasteiger partial charge in [-0.15, -0.1) is 0 Å². The number of benzene rings is 1. The zero-order valence-corrected chi connectivity index (χ0v) is 14.8. The van der Waals surface area contributed by atoms with E-state index in [-0.39, 0.29) is 23.8 Å². The number of ether oxygens (including phenoxy) is 1. The second-order valence-electron chi connectivity index (χ2n) is 6.97. The number of nitrogens with one attached hydrogen (secondary N) is 2. The number of para-hydroxylation sites is 1. The molecule has 0 aliphatic carbocycles. The second-order valence-corrected chi connectivity index (χ2v) is 6.97. The standard InChI is InChI=1S/C19H27N3O3/c1-14(13-22-8-10-25-11-9-22)20-18(23)7-6-16-12-15-4-2-3-5-17(15)21-19(16)24/h2-5,14,16H,6-13H2,1H3,(H,20,23)(H,21,24)/t14-,16-/m1/s1. The fourth-order valence-corrected chi connectivity index (χ4v) is 3.52. The molecular formula is C19H27N3O3. The van der Waals surface area contributed by atoms with Gasteiger partial charge < -0.3 is 15.4 Å². The van der Waals surface area contributed by atoms with Crippen molar-refractivity contribution in [3.8, 4) is 0 Å². The molecule has 1 saturated heterocycles. The summed E-state index contributed by atoms with van der Waals surface area (Å²) in [6.45, 7) is 6.23. The van der Waals surface area contributed by atoms with Gasteiger partial charge in [0.15, 0.2) is 0 Å². The summed E-state index contributed by atoms with van der Waals surface area (Å²) in [4.78, 5) is 26.7. The van der Waals surface area contributed by atoms with E-state index in [1.807, 2.05) is 31.2 Å². The summed E-state index contributed by atoms with van der Waals surface area (Å²) in [6, 6.07) is 7.96. The van der Waals surface area contributed by atoms with E-state index in [4.69, 9.17) is 4.74 Å². The summed E-state index contributed by atoms with van der Waals surface area (Å²) in [5.74, 6) is -0.0875. The van der Waals surface area contributed by atoms with Crippen LogP contribution in [-0.2, 0) is 20.7 Å². The van der Waals surface area contributed by atoms with Crippen LogP contribution in [-0.4, -0.2) is 55.6 Å². The average molecular weight is 345 g/mol. The monoisotopic (exact) mass is 345 g/mol. The van der Waals surface area contributed by atoms with Crippen LogP contribution in [0.15, 0.2) is 24.3 Å². The molecule has 1 fully saturated rings. The van der Waals surface area contributed by atoms with Crippen molar-refractivity contribution in [2.45, 2.75) is 32.2 Å². The van der Waals surface area contributed by atoms with Gasteiger partial charge in [-0.1, -0.05) is 18.2 Å². The Balaban J connectivity index is 1.42. The van der Waals surface area contributed by atoms with E-state index in [2.05, 4.69) is 15.5 Å². The maximum absolute atomic E-state index is 12.2. The molecular weight excluding hydrogens is 318 g/mol. The van der Waals surface area contributed by atoms with Gasteiger partial charge in [0, 0.05) is 43.7 Å². The molecule has 6 nitrogen and oxygen atoms in total. The van der Waals surface area contributed by atoms with Crippen LogP contribution in [0.2, 0.25) is 0 Å². The van der Waals surface area contributed by atoms with Gasteiger partial charge in [0.1, 0.15) is 0 Å². The number of nitrogens with zero attached hydrogens (tertiary/aromatic N) is 1. The molecule has 2 aliphatic rings. The molecule has 1 aromatic carbocycles. The molecule has 0 aromatic heterocycles. The first-order valence-electron chi connectivity index (χ1n) is 9.10. The van der Waals surface area contributed by atoms with Gasteiger partial charge >= 0.3 is 0 Å². The Labute approximate surface area is 148 Å². The number of hydrogen-bond donors (Lipinski definition) is 2. The zero-order valence-electron chi connectivity index (χ0n) is 14.8. The Morgan fingerprint density at radius 3 is 2.92 bits per heavy atom. The number of morpholine rings is 1. The van der Waals surface area contributed by atoms with Crippen LogP contribution in [0.1, 0.15) is 25.3 Å². The molecule has 2 heterocycles. The van der Waals surface area contributed by atoms with E-state index in [1.54, 1.807) is 0 Å². The quantitative estimate of drug-likeness (QED) is 0.818. The zero-order chi connectivity index (χ0) is 17.6. The van der Waals surface area contributed by atoms with Gasteiger partial charge in [-0.25, -0.2) is 0 Å². The molecule has 3 rings (SSSR count). The Kier molecular flexibility index (Phi) is 6.04. The van der Waals surface area contributed by atoms with E-state index in [0.29, 0.717) is 19.3 Å². The van der Waals surface area contributed by atoms with E-state index in [1.165, 1.54) is 0 Å². The summed E-state index contributed by atoms with van der Waals surface area (Å²) in [5.41, 5.74) is 2.04. The number of carbonyl (C=O) groups is 2. The highest BCUT2D eigenvalue weighted by Gasteiger charge is 2.26. The Hall–Kier alpha value is -1.92. The molecule has 0 radical (unpaired) electrons. The summed E-state index contributed by atoms with van der Waals surface area (Å²) >= 11 is 0. The van der Waals surface area contributed by atoms with E-state index in [0.717, 1.165) is 44.1 Å². The smallest absolute Gasteiger partial charge is 0.227 e. The lowest BCUT2D eigenvalue weighted by Crippen LogP contribution is -2.46. The van der Waals surface area contributed by atoms with Crippen LogP contribution in [0.4, 0.5) is 5.69 Å². The number of amides is 2. The first kappa shape index (κ1) is 17.9. The van der Waals surface area contributed by atoms with E-state index in [9.17, 15) is 9.59 Å². The summed E-state index contributed by atoms with van der Waals surface area (Å²) < 4.78 is 5.34. The van der Waals surface area contributed by atoms with Crippen LogP contribution >= 0.6 is 0 Å². The SMILES string of the molecule is C[C@H](CN1CCOCC1)NC(=O)CC[C@@H]1Cc2ccccc2NC1=O. The lowest BCUT2D eigenvalue weighted by molar-refractivity contribution is -0.123. The molecule has 25 heavy (non-hydrogen) atoms. The lowest BCUT2D eigenvalue weighted by atomic mass is 9.89. The predicted molar refractivity (Wildman–Crippen MR) is 96.4 cm³/mol. The van der Waals surface area contributed by atoms with Crippen molar-refractivity contribution in [3.05, 3.63) is 29.8 Å². The molecule has 2 aliphatic heterocycles. The van der Waals surface area contributed by atoms with Crippen molar-refractivity contribution in [2.24, 2.45) is 5.92 Å². The number of hydrogen-bond acceptors (Lipinski definition) is 4. The first-order valence-corrected chi connectivity index (χ1v) is 9.10. The number of carbonyl (C=O) groups excluding carboxylic acids is 2. The van der Waals surface area contributed by atoms with E-state index >= 15 is 0 Å². The molecule has 2 amide bonds. The Bertz CT molecular complexity index is 614. The number of rotatable bonds is 6. The van der Waals surface area contributed by atoms with E-state index < -0.39 is 0 Å². The molecule has 1 aromatic rings. The van der Waals surface area contributed by atoms with Crippen LogP contribution in [0.5, 0.6) is 0 Å².